The standard InChI is InChI=1S/C11H11N3O4/c1-2-3-8(12)11(16)13-9-5-4-7(14(17)18)6-10(9)15/h1,4-6,8,15H,3,12H2,(H,13,16). The van der Waals surface area contributed by atoms with Crippen molar-refractivity contribution >= 4 is 17.3 Å². The predicted octanol–water partition coefficient (Wildman–Crippen LogP) is 0.589. The number of nitrogens with one attached hydrogen (secondary N) is 1. The van der Waals surface area contributed by atoms with Crippen LogP contribution in [0.4, 0.5) is 11.4 Å². The van der Waals surface area contributed by atoms with Gasteiger partial charge >= 0.3 is 0 Å². The first kappa shape index (κ1) is 13.5. The molecule has 1 aromatic rings. The van der Waals surface area contributed by atoms with Crippen molar-refractivity contribution < 1.29 is 14.8 Å². The molecule has 1 unspecified atom stereocenters. The number of aromatic hydroxyl groups is 1. The highest BCUT2D eigenvalue weighted by Gasteiger charge is 2.16. The number of carbonyl (C=O) groups is 1. The van der Waals surface area contributed by atoms with Crippen LogP contribution in [0.1, 0.15) is 6.42 Å². The predicted molar refractivity (Wildman–Crippen MR) is 64.8 cm³/mol. The molecule has 0 saturated carbocycles. The highest BCUT2D eigenvalue weighted by molar-refractivity contribution is 5.96. The molecule has 4 N–H and O–H groups in total. The molecule has 1 atom stereocenters. The van der Waals surface area contributed by atoms with E-state index in [1.807, 2.05) is 0 Å². The molecule has 0 aromatic heterocycles. The van der Waals surface area contributed by atoms with Crippen LogP contribution < -0.4 is 11.1 Å². The molecule has 7 nitrogen and oxygen atoms in total. The molecular formula is C11H11N3O4. The Balaban J connectivity index is 2.83. The minimum Gasteiger partial charge on any atom is -0.506 e. The Hall–Kier alpha value is -2.59. The van der Waals surface area contributed by atoms with E-state index >= 15 is 0 Å². The van der Waals surface area contributed by atoms with Crippen LogP contribution in [-0.2, 0) is 4.79 Å². The molecule has 1 rings (SSSR count). The lowest BCUT2D eigenvalue weighted by atomic mass is 10.2. The van der Waals surface area contributed by atoms with Gasteiger partial charge in [-0.15, -0.1) is 12.3 Å². The van der Waals surface area contributed by atoms with Crippen LogP contribution in [0.5, 0.6) is 5.75 Å². The smallest absolute Gasteiger partial charge is 0.273 e. The molecule has 0 bridgehead atoms. The van der Waals surface area contributed by atoms with Gasteiger partial charge in [0.1, 0.15) is 5.75 Å². The summed E-state index contributed by atoms with van der Waals surface area (Å²) in [6, 6.07) is 2.41. The zero-order chi connectivity index (χ0) is 13.7. The number of rotatable bonds is 4. The molecule has 0 fully saturated rings. The van der Waals surface area contributed by atoms with E-state index in [1.165, 1.54) is 6.07 Å². The normalized spacial score (nSPS) is 11.3. The number of hydrogen-bond acceptors (Lipinski definition) is 5. The zero-order valence-electron chi connectivity index (χ0n) is 9.29. The summed E-state index contributed by atoms with van der Waals surface area (Å²) in [5.74, 6) is 1.25. The number of benzene rings is 1. The second-order valence-electron chi connectivity index (χ2n) is 3.46. The van der Waals surface area contributed by atoms with Crippen LogP contribution >= 0.6 is 0 Å². The summed E-state index contributed by atoms with van der Waals surface area (Å²) in [6.07, 6.45) is 5.06. The average Bonchev–Trinajstić information content (AvgIpc) is 2.31. The van der Waals surface area contributed by atoms with Gasteiger partial charge in [0, 0.05) is 12.5 Å². The maximum atomic E-state index is 11.5. The Morgan fingerprint density at radius 3 is 2.83 bits per heavy atom. The van der Waals surface area contributed by atoms with Crippen molar-refractivity contribution in [2.75, 3.05) is 5.32 Å². The summed E-state index contributed by atoms with van der Waals surface area (Å²) < 4.78 is 0. The summed E-state index contributed by atoms with van der Waals surface area (Å²) in [4.78, 5) is 21.3. The maximum Gasteiger partial charge on any atom is 0.273 e. The largest absolute Gasteiger partial charge is 0.506 e. The molecule has 0 radical (unpaired) electrons. The molecule has 0 aliphatic heterocycles. The van der Waals surface area contributed by atoms with E-state index < -0.39 is 22.6 Å². The molecule has 7 heteroatoms. The molecule has 0 spiro atoms. The Bertz CT molecular complexity index is 522. The van der Waals surface area contributed by atoms with Gasteiger partial charge in [-0.05, 0) is 6.07 Å². The summed E-state index contributed by atoms with van der Waals surface area (Å²) in [5.41, 5.74) is 5.22. The number of nitro benzene ring substituents is 1. The highest BCUT2D eigenvalue weighted by atomic mass is 16.6. The van der Waals surface area contributed by atoms with Gasteiger partial charge in [0.2, 0.25) is 5.91 Å². The quantitative estimate of drug-likeness (QED) is 0.312. The molecule has 0 aliphatic carbocycles. The van der Waals surface area contributed by atoms with Crippen molar-refractivity contribution in [1.29, 1.82) is 0 Å². The number of phenolic OH excluding ortho intramolecular Hbond substituents is 1. The number of anilines is 1. The third-order valence-electron chi connectivity index (χ3n) is 2.12. The summed E-state index contributed by atoms with van der Waals surface area (Å²) in [7, 11) is 0. The second-order valence-corrected chi connectivity index (χ2v) is 3.46. The fourth-order valence-corrected chi connectivity index (χ4v) is 1.18. The van der Waals surface area contributed by atoms with Gasteiger partial charge < -0.3 is 16.2 Å². The minimum absolute atomic E-state index is 0.0399. The molecule has 0 heterocycles. The third-order valence-corrected chi connectivity index (χ3v) is 2.12. The number of amides is 1. The third kappa shape index (κ3) is 3.20. The second kappa shape index (κ2) is 5.65. The number of nitrogens with zero attached hydrogens (tertiary/aromatic N) is 1. The Labute approximate surface area is 103 Å². The van der Waals surface area contributed by atoms with Gasteiger partial charge in [0.05, 0.1) is 22.7 Å². The molecule has 1 amide bonds. The fourth-order valence-electron chi connectivity index (χ4n) is 1.18. The average molecular weight is 249 g/mol. The minimum atomic E-state index is -0.899. The zero-order valence-corrected chi connectivity index (χ0v) is 9.29. The van der Waals surface area contributed by atoms with E-state index in [-0.39, 0.29) is 17.8 Å². The van der Waals surface area contributed by atoms with Crippen LogP contribution in [0, 0.1) is 22.5 Å². The Morgan fingerprint density at radius 2 is 2.33 bits per heavy atom. The number of terminal acetylenes is 1. The molecular weight excluding hydrogens is 238 g/mol. The SMILES string of the molecule is C#CCC(N)C(=O)Nc1ccc([N+](=O)[O-])cc1O. The van der Waals surface area contributed by atoms with Crippen molar-refractivity contribution in [1.82, 2.24) is 0 Å². The van der Waals surface area contributed by atoms with Crippen LogP contribution in [-0.4, -0.2) is 22.0 Å². The van der Waals surface area contributed by atoms with Crippen molar-refractivity contribution in [2.24, 2.45) is 5.73 Å². The van der Waals surface area contributed by atoms with Crippen molar-refractivity contribution in [3.8, 4) is 18.1 Å². The number of phenols is 1. The van der Waals surface area contributed by atoms with E-state index in [9.17, 15) is 20.0 Å². The van der Waals surface area contributed by atoms with Gasteiger partial charge in [-0.25, -0.2) is 0 Å². The number of nitro groups is 1. The number of nitrogens with two attached hydrogens (primary N) is 1. The number of hydrogen-bond donors (Lipinski definition) is 3. The molecule has 0 aliphatic rings. The Morgan fingerprint density at radius 1 is 1.67 bits per heavy atom. The number of carbonyl (C=O) groups excluding carboxylic acids is 1. The van der Waals surface area contributed by atoms with Crippen molar-refractivity contribution in [3.63, 3.8) is 0 Å². The molecule has 1 aromatic carbocycles. The van der Waals surface area contributed by atoms with Gasteiger partial charge in [0.25, 0.3) is 5.69 Å². The summed E-state index contributed by atoms with van der Waals surface area (Å²) in [6.45, 7) is 0. The van der Waals surface area contributed by atoms with Crippen molar-refractivity contribution in [2.45, 2.75) is 12.5 Å². The van der Waals surface area contributed by atoms with E-state index in [0.717, 1.165) is 12.1 Å². The van der Waals surface area contributed by atoms with Crippen LogP contribution in [0.25, 0.3) is 0 Å². The van der Waals surface area contributed by atoms with E-state index in [2.05, 4.69) is 11.2 Å². The van der Waals surface area contributed by atoms with E-state index in [1.54, 1.807) is 0 Å². The lowest BCUT2D eigenvalue weighted by Gasteiger charge is -2.10. The van der Waals surface area contributed by atoms with Crippen LogP contribution in [0.3, 0.4) is 0 Å². The van der Waals surface area contributed by atoms with Crippen LogP contribution in [0.2, 0.25) is 0 Å². The fraction of sp³-hybridized carbons (Fsp3) is 0.182. The van der Waals surface area contributed by atoms with E-state index in [0.29, 0.717) is 0 Å². The monoisotopic (exact) mass is 249 g/mol. The molecule has 0 saturated heterocycles. The first-order valence-electron chi connectivity index (χ1n) is 4.93. The van der Waals surface area contributed by atoms with Gasteiger partial charge in [0.15, 0.2) is 0 Å². The van der Waals surface area contributed by atoms with Gasteiger partial charge in [-0.2, -0.15) is 0 Å². The summed E-state index contributed by atoms with van der Waals surface area (Å²) in [5, 5.41) is 22.3. The summed E-state index contributed by atoms with van der Waals surface area (Å²) >= 11 is 0. The van der Waals surface area contributed by atoms with Gasteiger partial charge in [-0.3, -0.25) is 14.9 Å². The Kier molecular flexibility index (Phi) is 4.23. The molecule has 18 heavy (non-hydrogen) atoms. The van der Waals surface area contributed by atoms with Crippen LogP contribution in [0.15, 0.2) is 18.2 Å². The first-order chi connectivity index (χ1) is 8.45. The lowest BCUT2D eigenvalue weighted by Crippen LogP contribution is -2.35. The maximum absolute atomic E-state index is 11.5. The molecule has 94 valence electrons. The first-order valence-corrected chi connectivity index (χ1v) is 4.93. The van der Waals surface area contributed by atoms with Crippen molar-refractivity contribution in [3.05, 3.63) is 28.3 Å². The number of non-ortho nitro benzene ring substituents is 1. The topological polar surface area (TPSA) is 118 Å². The van der Waals surface area contributed by atoms with Gasteiger partial charge in [-0.1, -0.05) is 0 Å². The highest BCUT2D eigenvalue weighted by Crippen LogP contribution is 2.27. The lowest BCUT2D eigenvalue weighted by molar-refractivity contribution is -0.384. The van der Waals surface area contributed by atoms with E-state index in [4.69, 9.17) is 12.2 Å².